The quantitative estimate of drug-likeness (QED) is 0.568. The molecule has 0 amide bonds. The normalized spacial score (nSPS) is 22.2. The summed E-state index contributed by atoms with van der Waals surface area (Å²) in [7, 11) is 3.53. The van der Waals surface area contributed by atoms with Gasteiger partial charge in [0, 0.05) is 25.6 Å². The SMILES string of the molecule is CN(C)C(O)Cc1ccc(OCCC2CC2C2CCN(c3ncc(Cl)cn3)CC2)cc1F. The number of piperidine rings is 1. The first kappa shape index (κ1) is 23.2. The molecule has 1 aliphatic heterocycles. The van der Waals surface area contributed by atoms with Gasteiger partial charge in [-0.15, -0.1) is 0 Å². The summed E-state index contributed by atoms with van der Waals surface area (Å²) in [6.07, 6.45) is 7.47. The Kier molecular flexibility index (Phi) is 7.48. The standard InChI is InChI=1S/C24H32ClFN4O2/c1-29(2)23(31)12-18-3-4-20(13-22(18)26)32-10-7-17-11-21(17)16-5-8-30(9-6-16)24-27-14-19(25)15-28-24/h3-4,13-17,21,23,31H,5-12H2,1-2H3. The molecular formula is C24H32ClFN4O2. The van der Waals surface area contributed by atoms with E-state index in [1.54, 1.807) is 43.5 Å². The van der Waals surface area contributed by atoms with Crippen LogP contribution in [0.1, 0.15) is 31.2 Å². The van der Waals surface area contributed by atoms with Gasteiger partial charge in [-0.25, -0.2) is 14.4 Å². The summed E-state index contributed by atoms with van der Waals surface area (Å²) in [5.74, 6) is 3.23. The minimum absolute atomic E-state index is 0.256. The van der Waals surface area contributed by atoms with Crippen LogP contribution in [0.25, 0.3) is 0 Å². The zero-order valence-corrected chi connectivity index (χ0v) is 19.5. The fourth-order valence-electron chi connectivity index (χ4n) is 4.67. The van der Waals surface area contributed by atoms with Crippen LogP contribution in [-0.2, 0) is 6.42 Å². The molecule has 32 heavy (non-hydrogen) atoms. The lowest BCUT2D eigenvalue weighted by Crippen LogP contribution is -2.35. The highest BCUT2D eigenvalue weighted by molar-refractivity contribution is 6.30. The molecule has 6 nitrogen and oxygen atoms in total. The number of hydrogen-bond donors (Lipinski definition) is 1. The molecule has 0 bridgehead atoms. The van der Waals surface area contributed by atoms with Gasteiger partial charge in [-0.05, 0) is 69.2 Å². The monoisotopic (exact) mass is 462 g/mol. The molecule has 1 saturated heterocycles. The fourth-order valence-corrected chi connectivity index (χ4v) is 4.77. The Morgan fingerprint density at radius 3 is 2.62 bits per heavy atom. The first-order valence-corrected chi connectivity index (χ1v) is 11.8. The molecular weight excluding hydrogens is 431 g/mol. The third-order valence-electron chi connectivity index (χ3n) is 6.79. The van der Waals surface area contributed by atoms with Gasteiger partial charge in [0.15, 0.2) is 0 Å². The molecule has 3 unspecified atom stereocenters. The summed E-state index contributed by atoms with van der Waals surface area (Å²) in [6.45, 7) is 2.58. The van der Waals surface area contributed by atoms with Crippen LogP contribution in [0.3, 0.4) is 0 Å². The van der Waals surface area contributed by atoms with Crippen LogP contribution >= 0.6 is 11.6 Å². The van der Waals surface area contributed by atoms with Crippen molar-refractivity contribution in [2.75, 3.05) is 38.7 Å². The number of halogens is 2. The topological polar surface area (TPSA) is 61.7 Å². The van der Waals surface area contributed by atoms with Gasteiger partial charge in [0.2, 0.25) is 5.95 Å². The summed E-state index contributed by atoms with van der Waals surface area (Å²) in [4.78, 5) is 12.6. The molecule has 1 aromatic heterocycles. The van der Waals surface area contributed by atoms with E-state index in [1.807, 2.05) is 0 Å². The third-order valence-corrected chi connectivity index (χ3v) is 6.99. The molecule has 2 aliphatic rings. The molecule has 1 saturated carbocycles. The number of aliphatic hydroxyl groups is 1. The van der Waals surface area contributed by atoms with Crippen molar-refractivity contribution < 1.29 is 14.2 Å². The molecule has 4 rings (SSSR count). The second-order valence-corrected chi connectivity index (χ2v) is 9.66. The summed E-state index contributed by atoms with van der Waals surface area (Å²) in [5, 5.41) is 10.5. The molecule has 0 radical (unpaired) electrons. The van der Waals surface area contributed by atoms with E-state index >= 15 is 0 Å². The van der Waals surface area contributed by atoms with E-state index in [9.17, 15) is 9.50 Å². The Labute approximate surface area is 194 Å². The van der Waals surface area contributed by atoms with E-state index in [-0.39, 0.29) is 12.2 Å². The van der Waals surface area contributed by atoms with Gasteiger partial charge in [-0.3, -0.25) is 4.90 Å². The number of aromatic nitrogens is 2. The van der Waals surface area contributed by atoms with E-state index in [2.05, 4.69) is 14.9 Å². The summed E-state index contributed by atoms with van der Waals surface area (Å²) >= 11 is 5.88. The number of ether oxygens (including phenoxy) is 1. The Bertz CT molecular complexity index is 890. The number of benzene rings is 1. The van der Waals surface area contributed by atoms with E-state index in [0.29, 0.717) is 28.9 Å². The molecule has 8 heteroatoms. The summed E-state index contributed by atoms with van der Waals surface area (Å²) in [5.41, 5.74) is 0.496. The predicted molar refractivity (Wildman–Crippen MR) is 123 cm³/mol. The molecule has 0 spiro atoms. The van der Waals surface area contributed by atoms with Crippen LogP contribution < -0.4 is 9.64 Å². The second-order valence-electron chi connectivity index (χ2n) is 9.22. The largest absolute Gasteiger partial charge is 0.493 e. The molecule has 1 aliphatic carbocycles. The average molecular weight is 463 g/mol. The Morgan fingerprint density at radius 1 is 1.25 bits per heavy atom. The minimum atomic E-state index is -0.700. The van der Waals surface area contributed by atoms with Crippen molar-refractivity contribution in [3.63, 3.8) is 0 Å². The van der Waals surface area contributed by atoms with Gasteiger partial charge in [0.1, 0.15) is 17.8 Å². The lowest BCUT2D eigenvalue weighted by molar-refractivity contribution is 0.0405. The number of nitrogens with zero attached hydrogens (tertiary/aromatic N) is 4. The third kappa shape index (κ3) is 5.88. The Balaban J connectivity index is 1.17. The average Bonchev–Trinajstić information content (AvgIpc) is 3.55. The molecule has 1 aromatic carbocycles. The van der Waals surface area contributed by atoms with Crippen molar-refractivity contribution in [3.05, 3.63) is 47.0 Å². The van der Waals surface area contributed by atoms with Gasteiger partial charge in [-0.1, -0.05) is 17.7 Å². The molecule has 2 fully saturated rings. The number of likely N-dealkylation sites (N-methyl/N-ethyl adjacent to an activating group) is 1. The molecule has 3 atom stereocenters. The highest BCUT2D eigenvalue weighted by atomic mass is 35.5. The van der Waals surface area contributed by atoms with Gasteiger partial charge in [0.05, 0.1) is 24.0 Å². The molecule has 2 heterocycles. The van der Waals surface area contributed by atoms with Gasteiger partial charge in [0.25, 0.3) is 0 Å². The van der Waals surface area contributed by atoms with Crippen LogP contribution in [0.5, 0.6) is 5.75 Å². The van der Waals surface area contributed by atoms with E-state index in [4.69, 9.17) is 16.3 Å². The number of rotatable bonds is 9. The predicted octanol–water partition coefficient (Wildman–Crippen LogP) is 4.01. The minimum Gasteiger partial charge on any atom is -0.493 e. The maximum atomic E-state index is 14.3. The summed E-state index contributed by atoms with van der Waals surface area (Å²) in [6, 6.07) is 4.92. The van der Waals surface area contributed by atoms with Crippen LogP contribution in [0, 0.1) is 23.6 Å². The summed E-state index contributed by atoms with van der Waals surface area (Å²) < 4.78 is 20.1. The maximum Gasteiger partial charge on any atom is 0.225 e. The lowest BCUT2D eigenvalue weighted by Gasteiger charge is -2.32. The van der Waals surface area contributed by atoms with Crippen molar-refractivity contribution in [2.24, 2.45) is 17.8 Å². The van der Waals surface area contributed by atoms with Crippen molar-refractivity contribution >= 4 is 17.5 Å². The van der Waals surface area contributed by atoms with Crippen LogP contribution in [0.4, 0.5) is 10.3 Å². The Hall–Kier alpha value is -1.96. The highest BCUT2D eigenvalue weighted by Crippen LogP contribution is 2.49. The van der Waals surface area contributed by atoms with Crippen molar-refractivity contribution in [2.45, 2.75) is 38.3 Å². The number of aliphatic hydroxyl groups excluding tert-OH is 1. The lowest BCUT2D eigenvalue weighted by atomic mass is 9.90. The van der Waals surface area contributed by atoms with Crippen molar-refractivity contribution in [1.82, 2.24) is 14.9 Å². The first-order valence-electron chi connectivity index (χ1n) is 11.4. The number of anilines is 1. The number of hydrogen-bond acceptors (Lipinski definition) is 6. The van der Waals surface area contributed by atoms with Crippen LogP contribution in [0.2, 0.25) is 5.02 Å². The second kappa shape index (κ2) is 10.3. The van der Waals surface area contributed by atoms with E-state index in [1.165, 1.54) is 25.3 Å². The maximum absolute atomic E-state index is 14.3. The zero-order valence-electron chi connectivity index (χ0n) is 18.8. The van der Waals surface area contributed by atoms with Crippen LogP contribution in [0.15, 0.2) is 30.6 Å². The van der Waals surface area contributed by atoms with E-state index in [0.717, 1.165) is 37.3 Å². The van der Waals surface area contributed by atoms with Crippen LogP contribution in [-0.4, -0.2) is 60.0 Å². The first-order chi connectivity index (χ1) is 15.4. The van der Waals surface area contributed by atoms with Gasteiger partial charge >= 0.3 is 0 Å². The molecule has 174 valence electrons. The Morgan fingerprint density at radius 2 is 1.97 bits per heavy atom. The van der Waals surface area contributed by atoms with Crippen molar-refractivity contribution in [3.8, 4) is 5.75 Å². The highest BCUT2D eigenvalue weighted by Gasteiger charge is 2.43. The molecule has 2 aromatic rings. The van der Waals surface area contributed by atoms with Gasteiger partial charge < -0.3 is 14.7 Å². The van der Waals surface area contributed by atoms with E-state index < -0.39 is 6.23 Å². The smallest absolute Gasteiger partial charge is 0.225 e. The van der Waals surface area contributed by atoms with Crippen molar-refractivity contribution in [1.29, 1.82) is 0 Å². The van der Waals surface area contributed by atoms with Gasteiger partial charge in [-0.2, -0.15) is 0 Å². The fraction of sp³-hybridized carbons (Fsp3) is 0.583. The zero-order chi connectivity index (χ0) is 22.7. The molecule has 1 N–H and O–H groups in total.